The number of anilines is 1. The molecule has 0 aliphatic heterocycles. The Morgan fingerprint density at radius 2 is 2.07 bits per heavy atom. The van der Waals surface area contributed by atoms with Crippen LogP contribution in [-0.4, -0.2) is 20.1 Å². The predicted octanol–water partition coefficient (Wildman–Crippen LogP) is 1.09. The van der Waals surface area contributed by atoms with Crippen LogP contribution in [0.2, 0.25) is 0 Å². The molecule has 15 heavy (non-hydrogen) atoms. The monoisotopic (exact) mass is 205 g/mol. The molecule has 1 N–H and O–H groups in total. The maximum absolute atomic E-state index is 4.95. The van der Waals surface area contributed by atoms with Crippen LogP contribution in [0.5, 0.6) is 0 Å². The first-order chi connectivity index (χ1) is 7.25. The molecule has 0 unspecified atom stereocenters. The molecule has 0 aliphatic rings. The van der Waals surface area contributed by atoms with Crippen LogP contribution in [0, 0.1) is 13.8 Å². The number of nitrogens with zero attached hydrogens (tertiary/aromatic N) is 4. The molecule has 0 bridgehead atoms. The van der Waals surface area contributed by atoms with Gasteiger partial charge in [0, 0.05) is 12.4 Å². The molecule has 0 aromatic carbocycles. The van der Waals surface area contributed by atoms with Gasteiger partial charge < -0.3 is 9.84 Å². The van der Waals surface area contributed by atoms with Crippen molar-refractivity contribution in [3.63, 3.8) is 0 Å². The Hall–Kier alpha value is -1.98. The summed E-state index contributed by atoms with van der Waals surface area (Å²) in [4.78, 5) is 12.3. The van der Waals surface area contributed by atoms with Crippen LogP contribution in [0.3, 0.4) is 0 Å². The van der Waals surface area contributed by atoms with Crippen LogP contribution in [0.25, 0.3) is 0 Å². The highest BCUT2D eigenvalue weighted by molar-refractivity contribution is 5.38. The van der Waals surface area contributed by atoms with Crippen LogP contribution >= 0.6 is 0 Å². The van der Waals surface area contributed by atoms with E-state index in [1.807, 2.05) is 6.92 Å². The highest BCUT2D eigenvalue weighted by atomic mass is 16.5. The van der Waals surface area contributed by atoms with E-state index in [4.69, 9.17) is 4.52 Å². The van der Waals surface area contributed by atoms with Crippen molar-refractivity contribution in [1.82, 2.24) is 20.1 Å². The van der Waals surface area contributed by atoms with E-state index < -0.39 is 0 Å². The van der Waals surface area contributed by atoms with E-state index in [2.05, 4.69) is 25.4 Å². The maximum Gasteiger partial charge on any atom is 0.245 e. The van der Waals surface area contributed by atoms with Crippen molar-refractivity contribution in [2.45, 2.75) is 20.4 Å². The molecule has 0 saturated heterocycles. The number of rotatable bonds is 3. The van der Waals surface area contributed by atoms with Gasteiger partial charge in [-0.2, -0.15) is 4.98 Å². The minimum absolute atomic E-state index is 0.459. The number of hydrogen-bond donors (Lipinski definition) is 1. The van der Waals surface area contributed by atoms with Crippen LogP contribution in [0.1, 0.15) is 17.4 Å². The molecule has 6 nitrogen and oxygen atoms in total. The molecule has 0 fully saturated rings. The molecule has 2 aromatic heterocycles. The van der Waals surface area contributed by atoms with Crippen molar-refractivity contribution in [3.8, 4) is 0 Å². The van der Waals surface area contributed by atoms with Gasteiger partial charge in [-0.05, 0) is 13.8 Å². The van der Waals surface area contributed by atoms with Crippen molar-refractivity contribution >= 4 is 5.82 Å². The third-order valence-corrected chi connectivity index (χ3v) is 1.86. The van der Waals surface area contributed by atoms with Gasteiger partial charge in [0.1, 0.15) is 5.82 Å². The van der Waals surface area contributed by atoms with Crippen molar-refractivity contribution in [3.05, 3.63) is 29.8 Å². The van der Waals surface area contributed by atoms with Gasteiger partial charge in [0.25, 0.3) is 0 Å². The van der Waals surface area contributed by atoms with Gasteiger partial charge in [-0.15, -0.1) is 0 Å². The summed E-state index contributed by atoms with van der Waals surface area (Å²) in [7, 11) is 0. The van der Waals surface area contributed by atoms with Gasteiger partial charge in [-0.1, -0.05) is 5.16 Å². The predicted molar refractivity (Wildman–Crippen MR) is 53.1 cm³/mol. The molecule has 78 valence electrons. The topological polar surface area (TPSA) is 76.7 Å². The van der Waals surface area contributed by atoms with E-state index in [0.717, 1.165) is 11.5 Å². The Balaban J connectivity index is 2.02. The molecule has 0 aliphatic carbocycles. The maximum atomic E-state index is 4.95. The highest BCUT2D eigenvalue weighted by Gasteiger charge is 2.04. The fourth-order valence-corrected chi connectivity index (χ4v) is 1.15. The fraction of sp³-hybridized carbons (Fsp3) is 0.333. The molecule has 2 aromatic rings. The summed E-state index contributed by atoms with van der Waals surface area (Å²) in [6.45, 7) is 4.12. The van der Waals surface area contributed by atoms with Gasteiger partial charge in [0.05, 0.1) is 12.2 Å². The Kier molecular flexibility index (Phi) is 2.57. The summed E-state index contributed by atoms with van der Waals surface area (Å²) in [5.74, 6) is 1.90. The van der Waals surface area contributed by atoms with E-state index in [-0.39, 0.29) is 0 Å². The Morgan fingerprint density at radius 3 is 2.73 bits per heavy atom. The van der Waals surface area contributed by atoms with Gasteiger partial charge in [-0.25, -0.2) is 4.98 Å². The largest absolute Gasteiger partial charge is 0.359 e. The zero-order valence-corrected chi connectivity index (χ0v) is 8.56. The standard InChI is InChI=1S/C9H11N5O/c1-6-9(11-4-3-10-6)12-5-8-13-7(2)14-15-8/h3-4H,5H2,1-2H3,(H,11,12). The molecule has 0 atom stereocenters. The average Bonchev–Trinajstić information content (AvgIpc) is 2.63. The van der Waals surface area contributed by atoms with E-state index in [1.165, 1.54) is 0 Å². The van der Waals surface area contributed by atoms with Gasteiger partial charge in [0.15, 0.2) is 5.82 Å². The third-order valence-electron chi connectivity index (χ3n) is 1.86. The first-order valence-electron chi connectivity index (χ1n) is 4.56. The summed E-state index contributed by atoms with van der Waals surface area (Å²) >= 11 is 0. The van der Waals surface area contributed by atoms with Crippen LogP contribution in [0.4, 0.5) is 5.82 Å². The van der Waals surface area contributed by atoms with Crippen molar-refractivity contribution in [1.29, 1.82) is 0 Å². The number of aryl methyl sites for hydroxylation is 2. The summed E-state index contributed by atoms with van der Waals surface area (Å²) in [5, 5.41) is 6.76. The molecule has 0 radical (unpaired) electrons. The lowest BCUT2D eigenvalue weighted by Crippen LogP contribution is -2.04. The summed E-state index contributed by atoms with van der Waals surface area (Å²) < 4.78 is 4.95. The van der Waals surface area contributed by atoms with Gasteiger partial charge >= 0.3 is 0 Å². The first kappa shape index (κ1) is 9.57. The number of aromatic nitrogens is 4. The minimum Gasteiger partial charge on any atom is -0.359 e. The van der Waals surface area contributed by atoms with Gasteiger partial charge in [0.2, 0.25) is 5.89 Å². The van der Waals surface area contributed by atoms with E-state index in [0.29, 0.717) is 18.3 Å². The van der Waals surface area contributed by atoms with Crippen molar-refractivity contribution < 1.29 is 4.52 Å². The second kappa shape index (κ2) is 4.04. The minimum atomic E-state index is 0.459. The summed E-state index contributed by atoms with van der Waals surface area (Å²) in [6, 6.07) is 0. The lowest BCUT2D eigenvalue weighted by atomic mass is 10.4. The summed E-state index contributed by atoms with van der Waals surface area (Å²) in [5.41, 5.74) is 0.841. The highest BCUT2D eigenvalue weighted by Crippen LogP contribution is 2.07. The SMILES string of the molecule is Cc1noc(CNc2nccnc2C)n1. The quantitative estimate of drug-likeness (QED) is 0.808. The molecule has 2 rings (SSSR count). The second-order valence-electron chi connectivity index (χ2n) is 3.08. The number of nitrogens with one attached hydrogen (secondary N) is 1. The first-order valence-corrected chi connectivity index (χ1v) is 4.56. The fourth-order valence-electron chi connectivity index (χ4n) is 1.15. The Labute approximate surface area is 86.8 Å². The lowest BCUT2D eigenvalue weighted by Gasteiger charge is -2.03. The molecular weight excluding hydrogens is 194 g/mol. The van der Waals surface area contributed by atoms with Crippen molar-refractivity contribution in [2.24, 2.45) is 0 Å². The molecule has 0 amide bonds. The number of hydrogen-bond acceptors (Lipinski definition) is 6. The lowest BCUT2D eigenvalue weighted by molar-refractivity contribution is 0.379. The molecule has 2 heterocycles. The van der Waals surface area contributed by atoms with E-state index in [1.54, 1.807) is 19.3 Å². The second-order valence-corrected chi connectivity index (χ2v) is 3.08. The van der Waals surface area contributed by atoms with Crippen LogP contribution < -0.4 is 5.32 Å². The molecule has 0 saturated carbocycles. The zero-order valence-electron chi connectivity index (χ0n) is 8.56. The van der Waals surface area contributed by atoms with Crippen LogP contribution in [-0.2, 0) is 6.54 Å². The van der Waals surface area contributed by atoms with Crippen LogP contribution in [0.15, 0.2) is 16.9 Å². The normalized spacial score (nSPS) is 10.3. The Bertz CT molecular complexity index is 453. The smallest absolute Gasteiger partial charge is 0.245 e. The summed E-state index contributed by atoms with van der Waals surface area (Å²) in [6.07, 6.45) is 3.28. The van der Waals surface area contributed by atoms with Crippen molar-refractivity contribution in [2.75, 3.05) is 5.32 Å². The third kappa shape index (κ3) is 2.28. The average molecular weight is 205 g/mol. The molecule has 6 heteroatoms. The van der Waals surface area contributed by atoms with E-state index in [9.17, 15) is 0 Å². The van der Waals surface area contributed by atoms with Gasteiger partial charge in [-0.3, -0.25) is 4.98 Å². The Morgan fingerprint density at radius 1 is 1.27 bits per heavy atom. The molecule has 0 spiro atoms. The van der Waals surface area contributed by atoms with E-state index >= 15 is 0 Å². The zero-order chi connectivity index (χ0) is 10.7. The molecular formula is C9H11N5O.